The molecule has 0 aliphatic heterocycles. The van der Waals surface area contributed by atoms with Crippen molar-refractivity contribution in [2.45, 2.75) is 0 Å². The molecule has 2 aromatic carbocycles. The molecular formula is C20H12FN5O2. The second-order valence-corrected chi connectivity index (χ2v) is 5.97. The van der Waals surface area contributed by atoms with Gasteiger partial charge in [0.05, 0.1) is 23.1 Å². The predicted molar refractivity (Wildman–Crippen MR) is 98.2 cm³/mol. The van der Waals surface area contributed by atoms with Gasteiger partial charge in [0, 0.05) is 17.3 Å². The first-order valence-corrected chi connectivity index (χ1v) is 8.20. The molecule has 7 nitrogen and oxygen atoms in total. The van der Waals surface area contributed by atoms with Crippen molar-refractivity contribution in [1.82, 2.24) is 20.0 Å². The summed E-state index contributed by atoms with van der Waals surface area (Å²) in [6, 6.07) is 14.5. The van der Waals surface area contributed by atoms with Gasteiger partial charge in [0.2, 0.25) is 0 Å². The van der Waals surface area contributed by atoms with E-state index in [2.05, 4.69) is 15.3 Å². The third kappa shape index (κ3) is 3.01. The molecule has 0 saturated carbocycles. The molecule has 0 unspecified atom stereocenters. The van der Waals surface area contributed by atoms with Crippen LogP contribution in [0.25, 0.3) is 28.1 Å². The number of nitriles is 1. The van der Waals surface area contributed by atoms with E-state index in [0.717, 1.165) is 11.1 Å². The van der Waals surface area contributed by atoms with Crippen LogP contribution in [0.15, 0.2) is 60.9 Å². The van der Waals surface area contributed by atoms with Crippen LogP contribution in [0.2, 0.25) is 0 Å². The summed E-state index contributed by atoms with van der Waals surface area (Å²) in [6.45, 7) is 0. The quantitative estimate of drug-likeness (QED) is 0.568. The van der Waals surface area contributed by atoms with Gasteiger partial charge in [-0.15, -0.1) is 0 Å². The highest BCUT2D eigenvalue weighted by Gasteiger charge is 2.17. The van der Waals surface area contributed by atoms with E-state index in [4.69, 9.17) is 5.26 Å². The Bertz CT molecular complexity index is 1200. The highest BCUT2D eigenvalue weighted by atomic mass is 19.1. The van der Waals surface area contributed by atoms with Crippen LogP contribution in [-0.2, 0) is 0 Å². The fourth-order valence-corrected chi connectivity index (χ4v) is 2.86. The molecule has 4 rings (SSSR count). The number of carboxylic acid groups (broad SMARTS) is 1. The molecule has 0 saturated heterocycles. The van der Waals surface area contributed by atoms with Crippen LogP contribution in [0.5, 0.6) is 0 Å². The van der Waals surface area contributed by atoms with Gasteiger partial charge in [0.25, 0.3) is 0 Å². The molecular weight excluding hydrogens is 361 g/mol. The summed E-state index contributed by atoms with van der Waals surface area (Å²) in [5.74, 6) is -1.87. The van der Waals surface area contributed by atoms with Gasteiger partial charge < -0.3 is 5.11 Å². The van der Waals surface area contributed by atoms with Crippen LogP contribution in [0, 0.1) is 17.1 Å². The van der Waals surface area contributed by atoms with Crippen molar-refractivity contribution in [1.29, 1.82) is 5.26 Å². The minimum absolute atomic E-state index is 0.0854. The van der Waals surface area contributed by atoms with Gasteiger partial charge in [-0.1, -0.05) is 18.2 Å². The van der Waals surface area contributed by atoms with Gasteiger partial charge in [-0.2, -0.15) is 15.5 Å². The number of halogens is 1. The maximum absolute atomic E-state index is 14.1. The molecule has 0 bridgehead atoms. The molecule has 2 N–H and O–H groups in total. The summed E-state index contributed by atoms with van der Waals surface area (Å²) < 4.78 is 15.5. The molecule has 2 heterocycles. The number of H-pyrrole nitrogens is 1. The fraction of sp³-hybridized carbons (Fsp3) is 0. The number of hydrogen-bond donors (Lipinski definition) is 2. The van der Waals surface area contributed by atoms with Gasteiger partial charge in [-0.05, 0) is 35.9 Å². The molecule has 0 spiro atoms. The van der Waals surface area contributed by atoms with Crippen molar-refractivity contribution in [2.75, 3.05) is 0 Å². The normalized spacial score (nSPS) is 10.6. The van der Waals surface area contributed by atoms with Crippen LogP contribution in [-0.4, -0.2) is 31.1 Å². The van der Waals surface area contributed by atoms with Crippen molar-refractivity contribution in [3.05, 3.63) is 78.0 Å². The molecule has 0 radical (unpaired) electrons. The van der Waals surface area contributed by atoms with E-state index in [1.165, 1.54) is 22.9 Å². The second-order valence-electron chi connectivity index (χ2n) is 5.97. The number of carbonyl (C=O) groups is 1. The Labute approximate surface area is 158 Å². The summed E-state index contributed by atoms with van der Waals surface area (Å²) in [5, 5.41) is 29.0. The van der Waals surface area contributed by atoms with Crippen LogP contribution in [0.4, 0.5) is 4.39 Å². The van der Waals surface area contributed by atoms with Gasteiger partial charge in [-0.3, -0.25) is 5.10 Å². The maximum Gasteiger partial charge on any atom is 0.356 e. The van der Waals surface area contributed by atoms with Crippen molar-refractivity contribution in [3.8, 4) is 34.1 Å². The Morgan fingerprint density at radius 1 is 1.11 bits per heavy atom. The number of aromatic amines is 1. The molecule has 28 heavy (non-hydrogen) atoms. The van der Waals surface area contributed by atoms with E-state index >= 15 is 0 Å². The van der Waals surface area contributed by atoms with Crippen molar-refractivity contribution < 1.29 is 14.3 Å². The topological polar surface area (TPSA) is 108 Å². The molecule has 0 amide bonds. The zero-order valence-electron chi connectivity index (χ0n) is 14.3. The molecule has 2 aromatic heterocycles. The van der Waals surface area contributed by atoms with Gasteiger partial charge in [0.1, 0.15) is 11.9 Å². The Morgan fingerprint density at radius 3 is 2.46 bits per heavy atom. The van der Waals surface area contributed by atoms with Gasteiger partial charge >= 0.3 is 5.97 Å². The summed E-state index contributed by atoms with van der Waals surface area (Å²) in [6.07, 6.45) is 3.45. The second kappa shape index (κ2) is 6.81. The number of aromatic carboxylic acids is 1. The predicted octanol–water partition coefficient (Wildman–Crippen LogP) is 3.64. The minimum atomic E-state index is -1.19. The molecule has 4 aromatic rings. The number of nitrogens with one attached hydrogen (secondary N) is 1. The lowest BCUT2D eigenvalue weighted by atomic mass is 10.1. The SMILES string of the molecule is N#Cc1ccc(-c2cc(C(=O)O)nn2-c2ccc(-c3cn[nH]c3)cc2)cc1F. The zero-order valence-corrected chi connectivity index (χ0v) is 14.3. The summed E-state index contributed by atoms with van der Waals surface area (Å²) >= 11 is 0. The molecule has 136 valence electrons. The monoisotopic (exact) mass is 373 g/mol. The highest BCUT2D eigenvalue weighted by molar-refractivity contribution is 5.87. The molecule has 8 heteroatoms. The van der Waals surface area contributed by atoms with E-state index in [1.807, 2.05) is 12.1 Å². The number of hydrogen-bond acceptors (Lipinski definition) is 4. The van der Waals surface area contributed by atoms with Gasteiger partial charge in [0.15, 0.2) is 5.69 Å². The van der Waals surface area contributed by atoms with Crippen molar-refractivity contribution in [3.63, 3.8) is 0 Å². The molecule has 0 fully saturated rings. The summed E-state index contributed by atoms with van der Waals surface area (Å²) in [4.78, 5) is 11.4. The third-order valence-corrected chi connectivity index (χ3v) is 4.26. The van der Waals surface area contributed by atoms with E-state index in [1.54, 1.807) is 36.7 Å². The Hall–Kier alpha value is -4.25. The van der Waals surface area contributed by atoms with Crippen LogP contribution in [0.1, 0.15) is 16.1 Å². The van der Waals surface area contributed by atoms with E-state index < -0.39 is 11.8 Å². The first kappa shape index (κ1) is 17.2. The fourth-order valence-electron chi connectivity index (χ4n) is 2.86. The number of benzene rings is 2. The Kier molecular flexibility index (Phi) is 4.18. The highest BCUT2D eigenvalue weighted by Crippen LogP contribution is 2.27. The average Bonchev–Trinajstić information content (AvgIpc) is 3.38. The number of nitrogens with zero attached hydrogens (tertiary/aromatic N) is 4. The minimum Gasteiger partial charge on any atom is -0.476 e. The standard InChI is InChI=1S/C20H12FN5O2/c21-17-7-13(1-2-14(17)9-22)19-8-18(20(27)28)25-26(19)16-5-3-12(4-6-16)15-10-23-24-11-15/h1-8,10-11H,(H,23,24)(H,27,28). The van der Waals surface area contributed by atoms with Crippen LogP contribution < -0.4 is 0 Å². The van der Waals surface area contributed by atoms with Crippen LogP contribution in [0.3, 0.4) is 0 Å². The average molecular weight is 373 g/mol. The molecule has 0 aliphatic rings. The lowest BCUT2D eigenvalue weighted by Crippen LogP contribution is -2.02. The molecule has 0 aliphatic carbocycles. The first-order valence-electron chi connectivity index (χ1n) is 8.20. The number of carboxylic acids is 1. The van der Waals surface area contributed by atoms with Crippen molar-refractivity contribution >= 4 is 5.97 Å². The zero-order chi connectivity index (χ0) is 19.7. The number of rotatable bonds is 4. The van der Waals surface area contributed by atoms with E-state index in [0.29, 0.717) is 16.9 Å². The lowest BCUT2D eigenvalue weighted by Gasteiger charge is -2.09. The number of aromatic nitrogens is 4. The van der Waals surface area contributed by atoms with E-state index in [9.17, 15) is 14.3 Å². The summed E-state index contributed by atoms with van der Waals surface area (Å²) in [7, 11) is 0. The van der Waals surface area contributed by atoms with Gasteiger partial charge in [-0.25, -0.2) is 13.9 Å². The Morgan fingerprint density at radius 2 is 1.86 bits per heavy atom. The largest absolute Gasteiger partial charge is 0.476 e. The van der Waals surface area contributed by atoms with Crippen molar-refractivity contribution in [2.24, 2.45) is 0 Å². The maximum atomic E-state index is 14.1. The summed E-state index contributed by atoms with van der Waals surface area (Å²) in [5.41, 5.74) is 3.00. The lowest BCUT2D eigenvalue weighted by molar-refractivity contribution is 0.0690. The molecule has 0 atom stereocenters. The van der Waals surface area contributed by atoms with Crippen LogP contribution >= 0.6 is 0 Å². The third-order valence-electron chi connectivity index (χ3n) is 4.26. The first-order chi connectivity index (χ1) is 13.6. The smallest absolute Gasteiger partial charge is 0.356 e. The Balaban J connectivity index is 1.82. The van der Waals surface area contributed by atoms with E-state index in [-0.39, 0.29) is 11.3 Å².